The fourth-order valence-electron chi connectivity index (χ4n) is 1.90. The van der Waals surface area contributed by atoms with Gasteiger partial charge in [0.15, 0.2) is 0 Å². The molecule has 1 amide bonds. The SMILES string of the molecule is Cc1nn(C)c(C(=O)NCc2ccc(C(=O)[O-])cc2)c1Cl. The van der Waals surface area contributed by atoms with Crippen LogP contribution in [0.15, 0.2) is 24.3 Å². The van der Waals surface area contributed by atoms with Gasteiger partial charge in [0.25, 0.3) is 5.91 Å². The number of aryl methyl sites for hydroxylation is 2. The molecule has 0 bridgehead atoms. The van der Waals surface area contributed by atoms with Crippen LogP contribution in [0.4, 0.5) is 0 Å². The van der Waals surface area contributed by atoms with Crippen molar-refractivity contribution in [3.05, 3.63) is 51.8 Å². The van der Waals surface area contributed by atoms with E-state index in [0.29, 0.717) is 16.4 Å². The summed E-state index contributed by atoms with van der Waals surface area (Å²) >= 11 is 6.03. The number of nitrogens with one attached hydrogen (secondary N) is 1. The number of carbonyl (C=O) groups excluding carboxylic acids is 2. The zero-order valence-electron chi connectivity index (χ0n) is 11.5. The first-order valence-electron chi connectivity index (χ1n) is 6.17. The van der Waals surface area contributed by atoms with Crippen LogP contribution >= 0.6 is 11.6 Å². The largest absolute Gasteiger partial charge is 0.545 e. The summed E-state index contributed by atoms with van der Waals surface area (Å²) in [6, 6.07) is 6.08. The molecular formula is C14H13ClN3O3-. The van der Waals surface area contributed by atoms with Crippen molar-refractivity contribution < 1.29 is 14.7 Å². The highest BCUT2D eigenvalue weighted by atomic mass is 35.5. The summed E-state index contributed by atoms with van der Waals surface area (Å²) in [5.74, 6) is -1.57. The van der Waals surface area contributed by atoms with E-state index in [0.717, 1.165) is 5.56 Å². The number of amides is 1. The average molecular weight is 307 g/mol. The van der Waals surface area contributed by atoms with E-state index < -0.39 is 5.97 Å². The van der Waals surface area contributed by atoms with Crippen molar-refractivity contribution in [2.45, 2.75) is 13.5 Å². The van der Waals surface area contributed by atoms with Gasteiger partial charge in [-0.15, -0.1) is 0 Å². The molecule has 0 spiro atoms. The Hall–Kier alpha value is -2.34. The zero-order valence-corrected chi connectivity index (χ0v) is 12.3. The molecule has 0 aliphatic carbocycles. The summed E-state index contributed by atoms with van der Waals surface area (Å²) in [5, 5.41) is 17.7. The van der Waals surface area contributed by atoms with Gasteiger partial charge < -0.3 is 15.2 Å². The van der Waals surface area contributed by atoms with Gasteiger partial charge in [0.05, 0.1) is 16.7 Å². The van der Waals surface area contributed by atoms with E-state index in [-0.39, 0.29) is 18.0 Å². The molecule has 6 nitrogen and oxygen atoms in total. The number of carboxylic acid groups (broad SMARTS) is 1. The van der Waals surface area contributed by atoms with Crippen LogP contribution in [-0.4, -0.2) is 21.7 Å². The van der Waals surface area contributed by atoms with Gasteiger partial charge in [-0.2, -0.15) is 5.10 Å². The molecule has 2 rings (SSSR count). The molecule has 0 aliphatic rings. The Balaban J connectivity index is 2.05. The summed E-state index contributed by atoms with van der Waals surface area (Å²) in [6.45, 7) is 1.98. The molecule has 0 saturated heterocycles. The maximum absolute atomic E-state index is 12.1. The molecule has 0 saturated carbocycles. The lowest BCUT2D eigenvalue weighted by molar-refractivity contribution is -0.255. The van der Waals surface area contributed by atoms with Gasteiger partial charge in [0.2, 0.25) is 0 Å². The predicted octanol–water partition coefficient (Wildman–Crippen LogP) is 0.675. The Bertz CT molecular complexity index is 692. The molecule has 110 valence electrons. The van der Waals surface area contributed by atoms with E-state index >= 15 is 0 Å². The lowest BCUT2D eigenvalue weighted by atomic mass is 10.1. The smallest absolute Gasteiger partial charge is 0.271 e. The lowest BCUT2D eigenvalue weighted by Crippen LogP contribution is -2.25. The molecule has 1 aromatic carbocycles. The Morgan fingerprint density at radius 3 is 2.43 bits per heavy atom. The average Bonchev–Trinajstić information content (AvgIpc) is 2.70. The normalized spacial score (nSPS) is 10.4. The fourth-order valence-corrected chi connectivity index (χ4v) is 2.15. The second-order valence-electron chi connectivity index (χ2n) is 4.54. The standard InChI is InChI=1S/C14H14ClN3O3/c1-8-11(15)12(18(2)17-8)13(19)16-7-9-3-5-10(6-4-9)14(20)21/h3-6H,7H2,1-2H3,(H,16,19)(H,20,21)/p-1. The molecule has 1 N–H and O–H groups in total. The number of carboxylic acids is 1. The number of hydrogen-bond donors (Lipinski definition) is 1. The monoisotopic (exact) mass is 306 g/mol. The number of benzene rings is 1. The Morgan fingerprint density at radius 1 is 1.33 bits per heavy atom. The Kier molecular flexibility index (Phi) is 4.28. The van der Waals surface area contributed by atoms with Gasteiger partial charge in [0, 0.05) is 13.6 Å². The topological polar surface area (TPSA) is 87.0 Å². The summed E-state index contributed by atoms with van der Waals surface area (Å²) in [4.78, 5) is 22.7. The van der Waals surface area contributed by atoms with Crippen molar-refractivity contribution in [1.82, 2.24) is 15.1 Å². The number of hydrogen-bond acceptors (Lipinski definition) is 4. The van der Waals surface area contributed by atoms with Gasteiger partial charge in [0.1, 0.15) is 5.69 Å². The minimum absolute atomic E-state index is 0.0929. The number of halogens is 1. The van der Waals surface area contributed by atoms with Crippen LogP contribution in [0.1, 0.15) is 32.1 Å². The maximum Gasteiger partial charge on any atom is 0.271 e. The molecule has 0 atom stereocenters. The molecule has 0 radical (unpaired) electrons. The number of carbonyl (C=O) groups is 2. The van der Waals surface area contributed by atoms with Gasteiger partial charge in [-0.25, -0.2) is 0 Å². The van der Waals surface area contributed by atoms with Crippen LogP contribution in [0.3, 0.4) is 0 Å². The van der Waals surface area contributed by atoms with Gasteiger partial charge >= 0.3 is 0 Å². The van der Waals surface area contributed by atoms with Gasteiger partial charge in [-0.05, 0) is 18.1 Å². The Labute approximate surface area is 126 Å². The first kappa shape index (κ1) is 15.1. The highest BCUT2D eigenvalue weighted by Gasteiger charge is 2.18. The van der Waals surface area contributed by atoms with Crippen LogP contribution in [0.2, 0.25) is 5.02 Å². The number of aromatic nitrogens is 2. The predicted molar refractivity (Wildman–Crippen MR) is 74.9 cm³/mol. The molecule has 0 unspecified atom stereocenters. The van der Waals surface area contributed by atoms with Crippen molar-refractivity contribution >= 4 is 23.5 Å². The van der Waals surface area contributed by atoms with E-state index in [2.05, 4.69) is 10.4 Å². The number of rotatable bonds is 4. The van der Waals surface area contributed by atoms with Crippen molar-refractivity contribution in [3.63, 3.8) is 0 Å². The molecular weight excluding hydrogens is 294 g/mol. The summed E-state index contributed by atoms with van der Waals surface area (Å²) in [6.07, 6.45) is 0. The minimum Gasteiger partial charge on any atom is -0.545 e. The Morgan fingerprint density at radius 2 is 1.95 bits per heavy atom. The molecule has 7 heteroatoms. The van der Waals surface area contributed by atoms with Crippen LogP contribution in [0.5, 0.6) is 0 Å². The minimum atomic E-state index is -1.23. The molecule has 0 fully saturated rings. The van der Waals surface area contributed by atoms with Crippen LogP contribution in [0, 0.1) is 6.92 Å². The molecule has 0 aliphatic heterocycles. The summed E-state index contributed by atoms with van der Waals surface area (Å²) in [7, 11) is 1.64. The zero-order chi connectivity index (χ0) is 15.6. The second-order valence-corrected chi connectivity index (χ2v) is 4.92. The third-order valence-corrected chi connectivity index (χ3v) is 3.46. The second kappa shape index (κ2) is 5.97. The van der Waals surface area contributed by atoms with Crippen LogP contribution < -0.4 is 10.4 Å². The third-order valence-electron chi connectivity index (χ3n) is 3.01. The fraction of sp³-hybridized carbons (Fsp3) is 0.214. The number of nitrogens with zero attached hydrogens (tertiary/aromatic N) is 2. The first-order valence-corrected chi connectivity index (χ1v) is 6.55. The van der Waals surface area contributed by atoms with Gasteiger partial charge in [-0.1, -0.05) is 35.9 Å². The third kappa shape index (κ3) is 3.22. The van der Waals surface area contributed by atoms with E-state index in [1.165, 1.54) is 16.8 Å². The van der Waals surface area contributed by atoms with Crippen molar-refractivity contribution in [2.24, 2.45) is 7.05 Å². The highest BCUT2D eigenvalue weighted by molar-refractivity contribution is 6.34. The van der Waals surface area contributed by atoms with Crippen LogP contribution in [0.25, 0.3) is 0 Å². The van der Waals surface area contributed by atoms with E-state index in [1.54, 1.807) is 26.1 Å². The van der Waals surface area contributed by atoms with Crippen molar-refractivity contribution in [2.75, 3.05) is 0 Å². The molecule has 1 heterocycles. The van der Waals surface area contributed by atoms with E-state index in [4.69, 9.17) is 11.6 Å². The number of aromatic carboxylic acids is 1. The molecule has 21 heavy (non-hydrogen) atoms. The van der Waals surface area contributed by atoms with Crippen LogP contribution in [-0.2, 0) is 13.6 Å². The quantitative estimate of drug-likeness (QED) is 0.899. The maximum atomic E-state index is 12.1. The highest BCUT2D eigenvalue weighted by Crippen LogP contribution is 2.19. The first-order chi connectivity index (χ1) is 9.90. The van der Waals surface area contributed by atoms with Gasteiger partial charge in [-0.3, -0.25) is 9.48 Å². The molecule has 2 aromatic rings. The lowest BCUT2D eigenvalue weighted by Gasteiger charge is -2.07. The summed E-state index contributed by atoms with van der Waals surface area (Å²) in [5.41, 5.74) is 1.74. The molecule has 1 aromatic heterocycles. The van der Waals surface area contributed by atoms with Crippen molar-refractivity contribution in [3.8, 4) is 0 Å². The summed E-state index contributed by atoms with van der Waals surface area (Å²) < 4.78 is 1.42. The van der Waals surface area contributed by atoms with E-state index in [1.807, 2.05) is 0 Å². The van der Waals surface area contributed by atoms with E-state index in [9.17, 15) is 14.7 Å². The van der Waals surface area contributed by atoms with Crippen molar-refractivity contribution in [1.29, 1.82) is 0 Å².